The van der Waals surface area contributed by atoms with E-state index in [0.717, 1.165) is 23.3 Å². The largest absolute Gasteiger partial charge is 0.491 e. The molecule has 0 unspecified atom stereocenters. The van der Waals surface area contributed by atoms with E-state index in [4.69, 9.17) is 9.47 Å². The van der Waals surface area contributed by atoms with Gasteiger partial charge in [-0.15, -0.1) is 0 Å². The Morgan fingerprint density at radius 2 is 1.90 bits per heavy atom. The Bertz CT molecular complexity index is 612. The number of nitrogens with one attached hydrogen (secondary N) is 1. The van der Waals surface area contributed by atoms with Gasteiger partial charge in [0.1, 0.15) is 19.0 Å². The third kappa shape index (κ3) is 3.54. The number of rotatable bonds is 3. The fraction of sp³-hybridized carbons (Fsp3) is 0.235. The molecule has 0 spiro atoms. The SMILES string of the molecule is O=C(N[C@@H]1COc2ccccc2C1)OCc1ccccc1. The fourth-order valence-corrected chi connectivity index (χ4v) is 2.35. The number of hydrogen-bond donors (Lipinski definition) is 1. The molecule has 1 N–H and O–H groups in total. The van der Waals surface area contributed by atoms with Crippen molar-refractivity contribution in [2.24, 2.45) is 0 Å². The smallest absolute Gasteiger partial charge is 0.407 e. The van der Waals surface area contributed by atoms with Crippen molar-refractivity contribution in [2.45, 2.75) is 19.1 Å². The Morgan fingerprint density at radius 3 is 2.76 bits per heavy atom. The Balaban J connectivity index is 1.50. The molecule has 0 saturated heterocycles. The highest BCUT2D eigenvalue weighted by atomic mass is 16.5. The van der Waals surface area contributed by atoms with Gasteiger partial charge in [-0.25, -0.2) is 4.79 Å². The van der Waals surface area contributed by atoms with Gasteiger partial charge < -0.3 is 14.8 Å². The summed E-state index contributed by atoms with van der Waals surface area (Å²) in [6.07, 6.45) is 0.350. The first-order valence-electron chi connectivity index (χ1n) is 6.99. The molecular weight excluding hydrogens is 266 g/mol. The highest BCUT2D eigenvalue weighted by Gasteiger charge is 2.21. The number of carbonyl (C=O) groups is 1. The molecule has 108 valence electrons. The van der Waals surface area contributed by atoms with E-state index in [9.17, 15) is 4.79 Å². The van der Waals surface area contributed by atoms with Gasteiger partial charge in [-0.3, -0.25) is 0 Å². The lowest BCUT2D eigenvalue weighted by Crippen LogP contribution is -2.42. The van der Waals surface area contributed by atoms with Gasteiger partial charge in [0.05, 0.1) is 6.04 Å². The van der Waals surface area contributed by atoms with E-state index in [1.165, 1.54) is 0 Å². The summed E-state index contributed by atoms with van der Waals surface area (Å²) < 4.78 is 10.8. The molecule has 4 nitrogen and oxygen atoms in total. The van der Waals surface area contributed by atoms with Crippen LogP contribution in [0.2, 0.25) is 0 Å². The number of benzene rings is 2. The second-order valence-corrected chi connectivity index (χ2v) is 5.03. The third-order valence-electron chi connectivity index (χ3n) is 3.41. The molecule has 2 aromatic rings. The first-order chi connectivity index (χ1) is 10.3. The van der Waals surface area contributed by atoms with Crippen molar-refractivity contribution in [3.05, 3.63) is 65.7 Å². The number of ether oxygens (including phenoxy) is 2. The average Bonchev–Trinajstić information content (AvgIpc) is 2.54. The zero-order chi connectivity index (χ0) is 14.5. The van der Waals surface area contributed by atoms with E-state index in [2.05, 4.69) is 5.32 Å². The molecule has 0 saturated carbocycles. The molecule has 21 heavy (non-hydrogen) atoms. The van der Waals surface area contributed by atoms with Gasteiger partial charge >= 0.3 is 6.09 Å². The molecule has 1 aliphatic heterocycles. The summed E-state index contributed by atoms with van der Waals surface area (Å²) in [5.41, 5.74) is 2.08. The first-order valence-corrected chi connectivity index (χ1v) is 6.99. The highest BCUT2D eigenvalue weighted by Crippen LogP contribution is 2.23. The molecule has 0 aromatic heterocycles. The Morgan fingerprint density at radius 1 is 1.14 bits per heavy atom. The average molecular weight is 283 g/mol. The molecule has 1 atom stereocenters. The second kappa shape index (κ2) is 6.31. The number of para-hydroxylation sites is 1. The lowest BCUT2D eigenvalue weighted by atomic mass is 10.0. The van der Waals surface area contributed by atoms with Crippen LogP contribution < -0.4 is 10.1 Å². The Kier molecular flexibility index (Phi) is 4.05. The molecule has 0 fully saturated rings. The van der Waals surface area contributed by atoms with Crippen LogP contribution in [-0.2, 0) is 17.8 Å². The van der Waals surface area contributed by atoms with Crippen molar-refractivity contribution in [3.63, 3.8) is 0 Å². The summed E-state index contributed by atoms with van der Waals surface area (Å²) in [6.45, 7) is 0.744. The van der Waals surface area contributed by atoms with Crippen LogP contribution in [0.25, 0.3) is 0 Å². The van der Waals surface area contributed by atoms with Crippen LogP contribution in [0.3, 0.4) is 0 Å². The van der Waals surface area contributed by atoms with Crippen molar-refractivity contribution in [1.29, 1.82) is 0 Å². The quantitative estimate of drug-likeness (QED) is 0.942. The minimum Gasteiger partial charge on any atom is -0.491 e. The molecule has 3 rings (SSSR count). The highest BCUT2D eigenvalue weighted by molar-refractivity contribution is 5.67. The van der Waals surface area contributed by atoms with Gasteiger partial charge in [0.15, 0.2) is 0 Å². The topological polar surface area (TPSA) is 47.6 Å². The minimum absolute atomic E-state index is 0.0526. The number of fused-ring (bicyclic) bond motifs is 1. The van der Waals surface area contributed by atoms with E-state index in [1.54, 1.807) is 0 Å². The summed E-state index contributed by atoms with van der Waals surface area (Å²) in [6, 6.07) is 17.4. The first kappa shape index (κ1) is 13.5. The predicted octanol–water partition coefficient (Wildman–Crippen LogP) is 2.92. The second-order valence-electron chi connectivity index (χ2n) is 5.03. The van der Waals surface area contributed by atoms with Gasteiger partial charge in [0, 0.05) is 0 Å². The van der Waals surface area contributed by atoms with Gasteiger partial charge in [-0.05, 0) is 23.6 Å². The molecule has 0 bridgehead atoms. The number of alkyl carbamates (subject to hydrolysis) is 1. The summed E-state index contributed by atoms with van der Waals surface area (Å²) in [5.74, 6) is 0.896. The van der Waals surface area contributed by atoms with Gasteiger partial charge in [-0.1, -0.05) is 48.5 Å². The lowest BCUT2D eigenvalue weighted by Gasteiger charge is -2.25. The molecule has 0 aliphatic carbocycles. The third-order valence-corrected chi connectivity index (χ3v) is 3.41. The van der Waals surface area contributed by atoms with E-state index in [1.807, 2.05) is 54.6 Å². The minimum atomic E-state index is -0.410. The van der Waals surface area contributed by atoms with Crippen molar-refractivity contribution < 1.29 is 14.3 Å². The summed E-state index contributed by atoms with van der Waals surface area (Å²) in [5, 5.41) is 2.84. The molecule has 2 aromatic carbocycles. The van der Waals surface area contributed by atoms with Gasteiger partial charge in [0.25, 0.3) is 0 Å². The maximum absolute atomic E-state index is 11.8. The summed E-state index contributed by atoms with van der Waals surface area (Å²) >= 11 is 0. The van der Waals surface area contributed by atoms with Crippen molar-refractivity contribution >= 4 is 6.09 Å². The zero-order valence-corrected chi connectivity index (χ0v) is 11.6. The van der Waals surface area contributed by atoms with E-state index >= 15 is 0 Å². The number of hydrogen-bond acceptors (Lipinski definition) is 3. The van der Waals surface area contributed by atoms with E-state index in [-0.39, 0.29) is 12.6 Å². The van der Waals surface area contributed by atoms with Gasteiger partial charge in [0.2, 0.25) is 0 Å². The zero-order valence-electron chi connectivity index (χ0n) is 11.6. The van der Waals surface area contributed by atoms with Crippen LogP contribution in [0.5, 0.6) is 5.75 Å². The molecular formula is C17H17NO3. The lowest BCUT2D eigenvalue weighted by molar-refractivity contribution is 0.128. The van der Waals surface area contributed by atoms with Crippen LogP contribution in [0.1, 0.15) is 11.1 Å². The summed E-state index contributed by atoms with van der Waals surface area (Å²) in [7, 11) is 0. The van der Waals surface area contributed by atoms with E-state index in [0.29, 0.717) is 6.61 Å². The maximum Gasteiger partial charge on any atom is 0.407 e. The van der Waals surface area contributed by atoms with Crippen LogP contribution in [0, 0.1) is 0 Å². The Labute approximate surface area is 123 Å². The van der Waals surface area contributed by atoms with Crippen LogP contribution in [0.4, 0.5) is 4.79 Å². The fourth-order valence-electron chi connectivity index (χ4n) is 2.35. The Hall–Kier alpha value is -2.49. The molecule has 4 heteroatoms. The van der Waals surface area contributed by atoms with Crippen LogP contribution in [0.15, 0.2) is 54.6 Å². The normalized spacial score (nSPS) is 16.5. The predicted molar refractivity (Wildman–Crippen MR) is 79.2 cm³/mol. The molecule has 1 heterocycles. The monoisotopic (exact) mass is 283 g/mol. The molecule has 1 aliphatic rings. The van der Waals surface area contributed by atoms with Crippen LogP contribution >= 0.6 is 0 Å². The maximum atomic E-state index is 11.8. The van der Waals surface area contributed by atoms with Crippen molar-refractivity contribution in [1.82, 2.24) is 5.32 Å². The van der Waals surface area contributed by atoms with Crippen LogP contribution in [-0.4, -0.2) is 18.7 Å². The van der Waals surface area contributed by atoms with Crippen molar-refractivity contribution in [3.8, 4) is 5.75 Å². The van der Waals surface area contributed by atoms with E-state index < -0.39 is 6.09 Å². The number of amides is 1. The molecule has 1 amide bonds. The number of carbonyl (C=O) groups excluding carboxylic acids is 1. The summed E-state index contributed by atoms with van der Waals surface area (Å²) in [4.78, 5) is 11.8. The van der Waals surface area contributed by atoms with Crippen molar-refractivity contribution in [2.75, 3.05) is 6.61 Å². The standard InChI is InChI=1S/C17H17NO3/c19-17(21-11-13-6-2-1-3-7-13)18-15-10-14-8-4-5-9-16(14)20-12-15/h1-9,15H,10-12H2,(H,18,19)/t15-/m0/s1. The van der Waals surface area contributed by atoms with Gasteiger partial charge in [-0.2, -0.15) is 0 Å². The molecule has 0 radical (unpaired) electrons.